The molecule has 2 aromatic heterocycles. The molecule has 0 aliphatic heterocycles. The average molecular weight is 382 g/mol. The van der Waals surface area contributed by atoms with E-state index in [9.17, 15) is 22.8 Å². The number of nitrogens with zero attached hydrogens (tertiary/aromatic N) is 1. The van der Waals surface area contributed by atoms with Gasteiger partial charge in [-0.2, -0.15) is 13.2 Å². The normalized spacial score (nSPS) is 11.7. The summed E-state index contributed by atoms with van der Waals surface area (Å²) in [6.45, 7) is 1.88. The van der Waals surface area contributed by atoms with Crippen LogP contribution in [0.5, 0.6) is 0 Å². The molecule has 0 saturated carbocycles. The molecule has 0 unspecified atom stereocenters. The van der Waals surface area contributed by atoms with Crippen molar-refractivity contribution < 1.29 is 22.7 Å². The molecule has 136 valence electrons. The number of ether oxygens (including phenoxy) is 1. The Hall–Kier alpha value is -2.68. The smallest absolute Gasteiger partial charge is 0.416 e. The van der Waals surface area contributed by atoms with Crippen LogP contribution >= 0.6 is 11.3 Å². The highest BCUT2D eigenvalue weighted by atomic mass is 32.1. The van der Waals surface area contributed by atoms with Gasteiger partial charge in [-0.15, -0.1) is 11.3 Å². The summed E-state index contributed by atoms with van der Waals surface area (Å²) in [5.41, 5.74) is -0.539. The summed E-state index contributed by atoms with van der Waals surface area (Å²) < 4.78 is 43.6. The molecule has 0 atom stereocenters. The third-order valence-corrected chi connectivity index (χ3v) is 4.64. The molecule has 0 aliphatic rings. The molecule has 0 radical (unpaired) electrons. The number of halogens is 3. The van der Waals surface area contributed by atoms with Crippen molar-refractivity contribution in [2.45, 2.75) is 19.5 Å². The molecule has 26 heavy (non-hydrogen) atoms. The molecule has 0 spiro atoms. The number of aromatic nitrogens is 2. The molecule has 3 aromatic rings. The van der Waals surface area contributed by atoms with Gasteiger partial charge in [-0.05, 0) is 24.6 Å². The van der Waals surface area contributed by atoms with Crippen molar-refractivity contribution in [2.75, 3.05) is 6.61 Å². The third-order valence-electron chi connectivity index (χ3n) is 3.53. The van der Waals surface area contributed by atoms with Gasteiger partial charge >= 0.3 is 12.1 Å². The first-order valence-electron chi connectivity index (χ1n) is 7.64. The number of H-pyrrole nitrogens is 1. The number of fused-ring (bicyclic) bond motifs is 1. The Balaban J connectivity index is 1.94. The third kappa shape index (κ3) is 3.77. The summed E-state index contributed by atoms with van der Waals surface area (Å²) in [5.74, 6) is -0.329. The van der Waals surface area contributed by atoms with E-state index in [0.29, 0.717) is 11.1 Å². The van der Waals surface area contributed by atoms with Crippen molar-refractivity contribution in [1.29, 1.82) is 0 Å². The van der Waals surface area contributed by atoms with Gasteiger partial charge in [0.05, 0.1) is 17.7 Å². The van der Waals surface area contributed by atoms with Crippen LogP contribution in [0.2, 0.25) is 0 Å². The first-order valence-corrected chi connectivity index (χ1v) is 8.45. The van der Waals surface area contributed by atoms with Crippen LogP contribution < -0.4 is 5.56 Å². The van der Waals surface area contributed by atoms with E-state index in [2.05, 4.69) is 9.97 Å². The number of carbonyl (C=O) groups excluding carboxylic acids is 1. The van der Waals surface area contributed by atoms with Gasteiger partial charge < -0.3 is 9.72 Å². The fourth-order valence-corrected chi connectivity index (χ4v) is 3.31. The highest BCUT2D eigenvalue weighted by Crippen LogP contribution is 2.30. The molecule has 5 nitrogen and oxygen atoms in total. The van der Waals surface area contributed by atoms with Crippen LogP contribution in [0.4, 0.5) is 13.2 Å². The van der Waals surface area contributed by atoms with Gasteiger partial charge in [0, 0.05) is 6.42 Å². The molecule has 0 aliphatic carbocycles. The average Bonchev–Trinajstić information content (AvgIpc) is 2.99. The fraction of sp³-hybridized carbons (Fsp3) is 0.235. The molecule has 0 bridgehead atoms. The lowest BCUT2D eigenvalue weighted by Gasteiger charge is -2.08. The zero-order valence-electron chi connectivity index (χ0n) is 13.5. The first kappa shape index (κ1) is 18.1. The highest BCUT2D eigenvalue weighted by molar-refractivity contribution is 7.20. The molecule has 1 aromatic carbocycles. The van der Waals surface area contributed by atoms with Crippen LogP contribution in [0.25, 0.3) is 10.2 Å². The Labute approximate surface area is 149 Å². The van der Waals surface area contributed by atoms with Crippen molar-refractivity contribution in [3.8, 4) is 0 Å². The van der Waals surface area contributed by atoms with Crippen molar-refractivity contribution in [2.24, 2.45) is 0 Å². The van der Waals surface area contributed by atoms with E-state index in [1.54, 1.807) is 6.92 Å². The van der Waals surface area contributed by atoms with E-state index < -0.39 is 23.3 Å². The second-order valence-corrected chi connectivity index (χ2v) is 6.49. The number of thiophene rings is 1. The van der Waals surface area contributed by atoms with E-state index in [1.807, 2.05) is 0 Å². The van der Waals surface area contributed by atoms with Gasteiger partial charge in [-0.25, -0.2) is 9.78 Å². The van der Waals surface area contributed by atoms with Crippen LogP contribution in [-0.2, 0) is 17.3 Å². The largest absolute Gasteiger partial charge is 0.462 e. The summed E-state index contributed by atoms with van der Waals surface area (Å²) in [6.07, 6.45) is -4.41. The maximum Gasteiger partial charge on any atom is 0.416 e. The predicted octanol–water partition coefficient (Wildman–Crippen LogP) is 3.77. The number of rotatable bonds is 4. The minimum absolute atomic E-state index is 0.0275. The Kier molecular flexibility index (Phi) is 4.82. The lowest BCUT2D eigenvalue weighted by Crippen LogP contribution is -2.11. The summed E-state index contributed by atoms with van der Waals surface area (Å²) in [5, 5.41) is 0. The number of esters is 1. The van der Waals surface area contributed by atoms with Gasteiger partial charge in [0.15, 0.2) is 0 Å². The van der Waals surface area contributed by atoms with Gasteiger partial charge in [0.1, 0.15) is 15.4 Å². The van der Waals surface area contributed by atoms with Crippen molar-refractivity contribution >= 4 is 27.5 Å². The number of aromatic amines is 1. The van der Waals surface area contributed by atoms with E-state index in [4.69, 9.17) is 4.74 Å². The number of carbonyl (C=O) groups is 1. The van der Waals surface area contributed by atoms with Gasteiger partial charge in [-0.3, -0.25) is 4.79 Å². The van der Waals surface area contributed by atoms with Crippen LogP contribution in [0, 0.1) is 0 Å². The maximum atomic E-state index is 12.8. The summed E-state index contributed by atoms with van der Waals surface area (Å²) in [6, 6.07) is 6.27. The highest BCUT2D eigenvalue weighted by Gasteiger charge is 2.30. The summed E-state index contributed by atoms with van der Waals surface area (Å²) in [4.78, 5) is 31.0. The molecule has 1 N–H and O–H groups in total. The minimum Gasteiger partial charge on any atom is -0.462 e. The van der Waals surface area contributed by atoms with E-state index in [1.165, 1.54) is 18.2 Å². The van der Waals surface area contributed by atoms with Gasteiger partial charge in [0.2, 0.25) is 0 Å². The number of benzene rings is 1. The van der Waals surface area contributed by atoms with Crippen LogP contribution in [0.3, 0.4) is 0 Å². The molecular weight excluding hydrogens is 369 g/mol. The molecule has 0 fully saturated rings. The molecule has 0 saturated heterocycles. The summed E-state index contributed by atoms with van der Waals surface area (Å²) in [7, 11) is 0. The molecular formula is C17H13F3N2O3S. The first-order chi connectivity index (χ1) is 12.3. The Morgan fingerprint density at radius 3 is 2.77 bits per heavy atom. The van der Waals surface area contributed by atoms with Gasteiger partial charge in [0.25, 0.3) is 5.56 Å². The van der Waals surface area contributed by atoms with Crippen molar-refractivity contribution in [3.05, 3.63) is 62.5 Å². The Morgan fingerprint density at radius 1 is 1.31 bits per heavy atom. The van der Waals surface area contributed by atoms with E-state index in [0.717, 1.165) is 23.5 Å². The van der Waals surface area contributed by atoms with Gasteiger partial charge in [-0.1, -0.05) is 18.2 Å². The van der Waals surface area contributed by atoms with Crippen LogP contribution in [0.1, 0.15) is 33.5 Å². The lowest BCUT2D eigenvalue weighted by atomic mass is 10.1. The van der Waals surface area contributed by atoms with Crippen LogP contribution in [-0.4, -0.2) is 22.5 Å². The standard InChI is InChI=1S/C17H13F3N2O3S/c1-2-25-16(24)12-8-11-14(26-12)15(23)22-13(21-11)7-9-4-3-5-10(6-9)17(18,19)20/h3-6,8H,2,7H2,1H3,(H,21,22,23). The SMILES string of the molecule is CCOC(=O)c1cc2nc(Cc3cccc(C(F)(F)F)c3)[nH]c(=O)c2s1. The second-order valence-electron chi connectivity index (χ2n) is 5.43. The monoisotopic (exact) mass is 382 g/mol. The Bertz CT molecular complexity index is 1020. The minimum atomic E-state index is -4.44. The zero-order valence-corrected chi connectivity index (χ0v) is 14.3. The number of nitrogens with one attached hydrogen (secondary N) is 1. The number of hydrogen-bond donors (Lipinski definition) is 1. The van der Waals surface area contributed by atoms with E-state index >= 15 is 0 Å². The van der Waals surface area contributed by atoms with Crippen LogP contribution in [0.15, 0.2) is 35.1 Å². The predicted molar refractivity (Wildman–Crippen MR) is 90.4 cm³/mol. The topological polar surface area (TPSA) is 72.0 Å². The van der Waals surface area contributed by atoms with Crippen molar-refractivity contribution in [1.82, 2.24) is 9.97 Å². The fourth-order valence-electron chi connectivity index (χ4n) is 2.43. The molecule has 2 heterocycles. The molecule has 0 amide bonds. The van der Waals surface area contributed by atoms with E-state index in [-0.39, 0.29) is 28.4 Å². The molecule has 9 heteroatoms. The summed E-state index contributed by atoms with van der Waals surface area (Å²) >= 11 is 0.963. The van der Waals surface area contributed by atoms with Crippen molar-refractivity contribution in [3.63, 3.8) is 0 Å². The maximum absolute atomic E-state index is 12.8. The quantitative estimate of drug-likeness (QED) is 0.698. The Morgan fingerprint density at radius 2 is 2.08 bits per heavy atom. The number of hydrogen-bond acceptors (Lipinski definition) is 5. The zero-order chi connectivity index (χ0) is 18.9. The molecule has 3 rings (SSSR count). The lowest BCUT2D eigenvalue weighted by molar-refractivity contribution is -0.137. The number of alkyl halides is 3. The second kappa shape index (κ2) is 6.91.